The van der Waals surface area contributed by atoms with Gasteiger partial charge in [0.25, 0.3) is 0 Å². The van der Waals surface area contributed by atoms with Crippen LogP contribution in [-0.4, -0.2) is 29.6 Å². The van der Waals surface area contributed by atoms with Crippen molar-refractivity contribution < 1.29 is 0 Å². The summed E-state index contributed by atoms with van der Waals surface area (Å²) in [6.45, 7) is 6.93. The first-order valence-corrected chi connectivity index (χ1v) is 8.19. The molecule has 0 spiro atoms. The Morgan fingerprint density at radius 2 is 1.90 bits per heavy atom. The van der Waals surface area contributed by atoms with Crippen molar-refractivity contribution in [3.63, 3.8) is 0 Å². The maximum absolute atomic E-state index is 6.59. The quantitative estimate of drug-likeness (QED) is 0.893. The van der Waals surface area contributed by atoms with E-state index in [2.05, 4.69) is 24.8 Å². The zero-order valence-corrected chi connectivity index (χ0v) is 13.5. The van der Waals surface area contributed by atoms with Crippen LogP contribution in [0.2, 0.25) is 5.02 Å². The van der Waals surface area contributed by atoms with Crippen molar-refractivity contribution >= 4 is 11.6 Å². The zero-order valence-electron chi connectivity index (χ0n) is 12.7. The third kappa shape index (κ3) is 3.36. The van der Waals surface area contributed by atoms with Crippen molar-refractivity contribution in [2.45, 2.75) is 57.5 Å². The van der Waals surface area contributed by atoms with E-state index in [0.717, 1.165) is 17.9 Å². The molecule has 0 aliphatic carbocycles. The monoisotopic (exact) mass is 294 g/mol. The van der Waals surface area contributed by atoms with Crippen LogP contribution < -0.4 is 5.73 Å². The van der Waals surface area contributed by atoms with Gasteiger partial charge in [-0.1, -0.05) is 43.1 Å². The average Bonchev–Trinajstić information content (AvgIpc) is 2.49. The third-order valence-corrected chi connectivity index (χ3v) is 5.36. The molecule has 0 amide bonds. The van der Waals surface area contributed by atoms with Crippen LogP contribution in [0.4, 0.5) is 0 Å². The molecule has 2 atom stereocenters. The van der Waals surface area contributed by atoms with Gasteiger partial charge in [0.15, 0.2) is 0 Å². The van der Waals surface area contributed by atoms with Gasteiger partial charge < -0.3 is 5.73 Å². The number of hydrogen-bond donors (Lipinski definition) is 1. The highest BCUT2D eigenvalue weighted by Gasteiger charge is 2.36. The fourth-order valence-corrected chi connectivity index (χ4v) is 3.46. The van der Waals surface area contributed by atoms with Gasteiger partial charge in [0, 0.05) is 16.6 Å². The van der Waals surface area contributed by atoms with E-state index in [0.29, 0.717) is 0 Å². The van der Waals surface area contributed by atoms with E-state index in [1.54, 1.807) is 0 Å². The van der Waals surface area contributed by atoms with Gasteiger partial charge in [0.2, 0.25) is 0 Å². The Labute approximate surface area is 128 Å². The minimum Gasteiger partial charge on any atom is -0.326 e. The lowest BCUT2D eigenvalue weighted by Gasteiger charge is -2.47. The second-order valence-electron chi connectivity index (χ2n) is 6.16. The van der Waals surface area contributed by atoms with Crippen LogP contribution in [-0.2, 0) is 6.42 Å². The Kier molecular flexibility index (Phi) is 5.48. The summed E-state index contributed by atoms with van der Waals surface area (Å²) >= 11 is 6.28. The molecule has 0 saturated carbocycles. The van der Waals surface area contributed by atoms with E-state index in [1.807, 2.05) is 18.2 Å². The smallest absolute Gasteiger partial charge is 0.0438 e. The highest BCUT2D eigenvalue weighted by Crippen LogP contribution is 2.29. The molecule has 2 nitrogen and oxygen atoms in total. The minimum atomic E-state index is 0.0690. The van der Waals surface area contributed by atoms with Gasteiger partial charge in [-0.15, -0.1) is 0 Å². The van der Waals surface area contributed by atoms with E-state index < -0.39 is 0 Å². The fraction of sp³-hybridized carbons (Fsp3) is 0.647. The largest absolute Gasteiger partial charge is 0.326 e. The zero-order chi connectivity index (χ0) is 14.6. The van der Waals surface area contributed by atoms with Crippen molar-refractivity contribution in [3.8, 4) is 0 Å². The molecule has 2 N–H and O–H groups in total. The van der Waals surface area contributed by atoms with Crippen LogP contribution in [0.15, 0.2) is 24.3 Å². The molecular formula is C17H27ClN2. The first kappa shape index (κ1) is 15.8. The normalized spacial score (nSPS) is 21.4. The molecule has 112 valence electrons. The number of rotatable bonds is 5. The molecule has 0 aromatic heterocycles. The molecule has 1 aliphatic heterocycles. The maximum Gasteiger partial charge on any atom is 0.0438 e. The average molecular weight is 295 g/mol. The van der Waals surface area contributed by atoms with Crippen molar-refractivity contribution in [2.75, 3.05) is 13.1 Å². The molecule has 1 aromatic rings. The molecule has 2 rings (SSSR count). The Morgan fingerprint density at radius 3 is 2.50 bits per heavy atom. The number of nitrogens with zero attached hydrogens (tertiary/aromatic N) is 1. The lowest BCUT2D eigenvalue weighted by molar-refractivity contribution is 0.0546. The van der Waals surface area contributed by atoms with Crippen LogP contribution in [0.25, 0.3) is 0 Å². The van der Waals surface area contributed by atoms with Gasteiger partial charge in [0.05, 0.1) is 0 Å². The highest BCUT2D eigenvalue weighted by atomic mass is 35.5. The molecule has 0 bridgehead atoms. The van der Waals surface area contributed by atoms with Crippen molar-refractivity contribution in [3.05, 3.63) is 34.9 Å². The third-order valence-electron chi connectivity index (χ3n) is 4.99. The van der Waals surface area contributed by atoms with Gasteiger partial charge in [-0.2, -0.15) is 0 Å². The summed E-state index contributed by atoms with van der Waals surface area (Å²) in [5.74, 6) is 0. The fourth-order valence-electron chi connectivity index (χ4n) is 3.25. The predicted molar refractivity (Wildman–Crippen MR) is 87.3 cm³/mol. The molecule has 1 aromatic carbocycles. The summed E-state index contributed by atoms with van der Waals surface area (Å²) < 4.78 is 0. The first-order valence-electron chi connectivity index (χ1n) is 7.82. The van der Waals surface area contributed by atoms with Crippen molar-refractivity contribution in [2.24, 2.45) is 5.73 Å². The SMILES string of the molecule is CCC(C)(C(N)Cc1ccccc1Cl)N1CCCCC1. The number of benzene rings is 1. The Bertz CT molecular complexity index is 429. The number of likely N-dealkylation sites (tertiary alicyclic amines) is 1. The van der Waals surface area contributed by atoms with E-state index in [4.69, 9.17) is 17.3 Å². The van der Waals surface area contributed by atoms with E-state index in [1.165, 1.54) is 37.9 Å². The Balaban J connectivity index is 2.11. The van der Waals surface area contributed by atoms with Gasteiger partial charge in [-0.05, 0) is 57.3 Å². The van der Waals surface area contributed by atoms with Crippen LogP contribution in [0, 0.1) is 0 Å². The molecule has 1 saturated heterocycles. The van der Waals surface area contributed by atoms with Gasteiger partial charge in [-0.25, -0.2) is 0 Å². The summed E-state index contributed by atoms with van der Waals surface area (Å²) in [4.78, 5) is 2.60. The summed E-state index contributed by atoms with van der Waals surface area (Å²) in [6, 6.07) is 8.17. The molecule has 1 aliphatic rings. The number of halogens is 1. The molecule has 1 heterocycles. The van der Waals surface area contributed by atoms with E-state index in [-0.39, 0.29) is 11.6 Å². The van der Waals surface area contributed by atoms with Crippen molar-refractivity contribution in [1.82, 2.24) is 4.90 Å². The second-order valence-corrected chi connectivity index (χ2v) is 6.57. The van der Waals surface area contributed by atoms with Crippen LogP contribution >= 0.6 is 11.6 Å². The van der Waals surface area contributed by atoms with Crippen molar-refractivity contribution in [1.29, 1.82) is 0 Å². The summed E-state index contributed by atoms with van der Waals surface area (Å²) in [5, 5.41) is 0.833. The lowest BCUT2D eigenvalue weighted by atomic mass is 9.83. The van der Waals surface area contributed by atoms with Gasteiger partial charge in [0.1, 0.15) is 0 Å². The summed E-state index contributed by atoms with van der Waals surface area (Å²) in [7, 11) is 0. The molecule has 3 heteroatoms. The number of hydrogen-bond acceptors (Lipinski definition) is 2. The minimum absolute atomic E-state index is 0.0690. The molecular weight excluding hydrogens is 268 g/mol. The standard InChI is InChI=1S/C17H27ClN2/c1-3-17(2,20-11-7-4-8-12-20)16(19)13-14-9-5-6-10-15(14)18/h5-6,9-10,16H,3-4,7-8,11-13,19H2,1-2H3. The molecule has 2 unspecified atom stereocenters. The first-order chi connectivity index (χ1) is 9.58. The van der Waals surface area contributed by atoms with Gasteiger partial charge in [-0.3, -0.25) is 4.90 Å². The molecule has 0 radical (unpaired) electrons. The summed E-state index contributed by atoms with van der Waals surface area (Å²) in [6.07, 6.45) is 5.89. The molecule has 1 fully saturated rings. The van der Waals surface area contributed by atoms with Gasteiger partial charge >= 0.3 is 0 Å². The molecule has 20 heavy (non-hydrogen) atoms. The van der Waals surface area contributed by atoms with E-state index in [9.17, 15) is 0 Å². The Hall–Kier alpha value is -0.570. The van der Waals surface area contributed by atoms with Crippen LogP contribution in [0.3, 0.4) is 0 Å². The maximum atomic E-state index is 6.59. The highest BCUT2D eigenvalue weighted by molar-refractivity contribution is 6.31. The second kappa shape index (κ2) is 6.93. The topological polar surface area (TPSA) is 29.3 Å². The van der Waals surface area contributed by atoms with Crippen LogP contribution in [0.5, 0.6) is 0 Å². The van der Waals surface area contributed by atoms with Crippen LogP contribution in [0.1, 0.15) is 45.1 Å². The number of piperidine rings is 1. The predicted octanol–water partition coefficient (Wildman–Crippen LogP) is 3.86. The Morgan fingerprint density at radius 1 is 1.25 bits per heavy atom. The lowest BCUT2D eigenvalue weighted by Crippen LogP contribution is -2.59. The van der Waals surface area contributed by atoms with E-state index >= 15 is 0 Å². The summed E-state index contributed by atoms with van der Waals surface area (Å²) in [5.41, 5.74) is 7.83. The number of nitrogens with two attached hydrogens (primary N) is 1.